The average molecular weight is 298 g/mol. The van der Waals surface area contributed by atoms with Gasteiger partial charge in [0.15, 0.2) is 0 Å². The summed E-state index contributed by atoms with van der Waals surface area (Å²) >= 11 is 0. The maximum absolute atomic E-state index is 12.2. The molecule has 0 unspecified atom stereocenters. The molecule has 1 aromatic carbocycles. The van der Waals surface area contributed by atoms with Crippen LogP contribution in [0.25, 0.3) is 0 Å². The summed E-state index contributed by atoms with van der Waals surface area (Å²) in [7, 11) is 0. The topological polar surface area (TPSA) is 71.2 Å². The van der Waals surface area contributed by atoms with Gasteiger partial charge in [0.05, 0.1) is 11.9 Å². The van der Waals surface area contributed by atoms with Gasteiger partial charge < -0.3 is 16.0 Å². The summed E-state index contributed by atoms with van der Waals surface area (Å²) in [5.74, 6) is 0.273. The van der Waals surface area contributed by atoms with E-state index >= 15 is 0 Å². The molecule has 116 valence electrons. The van der Waals surface area contributed by atoms with Crippen molar-refractivity contribution in [2.45, 2.75) is 20.3 Å². The molecule has 5 heteroatoms. The van der Waals surface area contributed by atoms with E-state index in [4.69, 9.17) is 5.73 Å². The quantitative estimate of drug-likeness (QED) is 0.859. The van der Waals surface area contributed by atoms with Gasteiger partial charge in [-0.3, -0.25) is 4.79 Å². The van der Waals surface area contributed by atoms with Gasteiger partial charge in [-0.1, -0.05) is 6.92 Å². The third-order valence-corrected chi connectivity index (χ3v) is 3.41. The summed E-state index contributed by atoms with van der Waals surface area (Å²) < 4.78 is 0. The van der Waals surface area contributed by atoms with Gasteiger partial charge in [0, 0.05) is 24.3 Å². The lowest BCUT2D eigenvalue weighted by molar-refractivity contribution is 0.102. The highest BCUT2D eigenvalue weighted by Crippen LogP contribution is 2.16. The Morgan fingerprint density at radius 3 is 2.45 bits per heavy atom. The average Bonchev–Trinajstić information content (AvgIpc) is 2.55. The van der Waals surface area contributed by atoms with E-state index in [0.29, 0.717) is 17.1 Å². The number of nitrogens with one attached hydrogen (secondary N) is 1. The van der Waals surface area contributed by atoms with E-state index in [1.165, 1.54) is 0 Å². The van der Waals surface area contributed by atoms with Crippen molar-refractivity contribution in [2.75, 3.05) is 29.0 Å². The summed E-state index contributed by atoms with van der Waals surface area (Å²) in [6.45, 7) is 6.26. The number of aromatic nitrogens is 1. The molecule has 0 saturated heterocycles. The molecule has 3 N–H and O–H groups in total. The minimum Gasteiger partial charge on any atom is -0.384 e. The second kappa shape index (κ2) is 7.45. The summed E-state index contributed by atoms with van der Waals surface area (Å²) in [5, 5.41) is 2.80. The summed E-state index contributed by atoms with van der Waals surface area (Å²) in [6, 6.07) is 11.0. The normalized spacial score (nSPS) is 10.3. The van der Waals surface area contributed by atoms with Crippen LogP contribution in [0.2, 0.25) is 0 Å². The Morgan fingerprint density at radius 1 is 1.18 bits per heavy atom. The molecule has 0 aliphatic rings. The van der Waals surface area contributed by atoms with E-state index in [0.717, 1.165) is 25.2 Å². The zero-order valence-electron chi connectivity index (χ0n) is 13.0. The Labute approximate surface area is 131 Å². The molecule has 0 fully saturated rings. The highest BCUT2D eigenvalue weighted by atomic mass is 16.1. The summed E-state index contributed by atoms with van der Waals surface area (Å²) in [5.41, 5.74) is 7.90. The maximum Gasteiger partial charge on any atom is 0.255 e. The number of anilines is 3. The fourth-order valence-electron chi connectivity index (χ4n) is 2.25. The van der Waals surface area contributed by atoms with Crippen LogP contribution in [0, 0.1) is 0 Å². The van der Waals surface area contributed by atoms with E-state index in [2.05, 4.69) is 29.0 Å². The number of benzene rings is 1. The van der Waals surface area contributed by atoms with Crippen LogP contribution in [0.3, 0.4) is 0 Å². The van der Waals surface area contributed by atoms with Crippen LogP contribution in [-0.4, -0.2) is 24.0 Å². The monoisotopic (exact) mass is 298 g/mol. The molecule has 1 amide bonds. The first-order valence-electron chi connectivity index (χ1n) is 7.52. The van der Waals surface area contributed by atoms with Gasteiger partial charge >= 0.3 is 0 Å². The number of carbonyl (C=O) groups excluding carboxylic acids is 1. The second-order valence-corrected chi connectivity index (χ2v) is 5.05. The summed E-state index contributed by atoms with van der Waals surface area (Å²) in [6.07, 6.45) is 2.64. The van der Waals surface area contributed by atoms with Gasteiger partial charge in [-0.15, -0.1) is 0 Å². The Bertz CT molecular complexity index is 608. The molecule has 0 spiro atoms. The number of nitrogens with two attached hydrogens (primary N) is 1. The Hall–Kier alpha value is -2.56. The van der Waals surface area contributed by atoms with Crippen molar-refractivity contribution >= 4 is 23.1 Å². The Kier molecular flexibility index (Phi) is 5.36. The first kappa shape index (κ1) is 15.8. The predicted molar refractivity (Wildman–Crippen MR) is 91.2 cm³/mol. The first-order valence-corrected chi connectivity index (χ1v) is 7.52. The second-order valence-electron chi connectivity index (χ2n) is 5.05. The SMILES string of the molecule is CCCN(CC)c1ccc(C(=O)Nc2ccc(N)nc2)cc1. The Balaban J connectivity index is 2.06. The van der Waals surface area contributed by atoms with Crippen LogP contribution in [-0.2, 0) is 0 Å². The van der Waals surface area contributed by atoms with E-state index in [9.17, 15) is 4.79 Å². The Morgan fingerprint density at radius 2 is 1.91 bits per heavy atom. The molecule has 5 nitrogen and oxygen atoms in total. The third-order valence-electron chi connectivity index (χ3n) is 3.41. The largest absolute Gasteiger partial charge is 0.384 e. The van der Waals surface area contributed by atoms with Crippen LogP contribution in [0.15, 0.2) is 42.6 Å². The fourth-order valence-corrected chi connectivity index (χ4v) is 2.25. The molecule has 22 heavy (non-hydrogen) atoms. The lowest BCUT2D eigenvalue weighted by Crippen LogP contribution is -2.23. The number of hydrogen-bond acceptors (Lipinski definition) is 4. The number of amides is 1. The van der Waals surface area contributed by atoms with Crippen molar-refractivity contribution < 1.29 is 4.79 Å². The lowest BCUT2D eigenvalue weighted by atomic mass is 10.1. The molecule has 0 radical (unpaired) electrons. The fraction of sp³-hybridized carbons (Fsp3) is 0.294. The first-order chi connectivity index (χ1) is 10.6. The minimum atomic E-state index is -0.156. The highest BCUT2D eigenvalue weighted by Gasteiger charge is 2.08. The van der Waals surface area contributed by atoms with E-state index < -0.39 is 0 Å². The number of nitrogens with zero attached hydrogens (tertiary/aromatic N) is 2. The van der Waals surface area contributed by atoms with Crippen molar-refractivity contribution in [1.29, 1.82) is 0 Å². The zero-order chi connectivity index (χ0) is 15.9. The standard InChI is InChI=1S/C17H22N4O/c1-3-11-21(4-2)15-8-5-13(6-9-15)17(22)20-14-7-10-16(18)19-12-14/h5-10,12H,3-4,11H2,1-2H3,(H2,18,19)(H,20,22). The van der Waals surface area contributed by atoms with Gasteiger partial charge in [0.25, 0.3) is 5.91 Å². The van der Waals surface area contributed by atoms with E-state index in [1.807, 2.05) is 24.3 Å². The molecule has 0 bridgehead atoms. The highest BCUT2D eigenvalue weighted by molar-refractivity contribution is 6.04. The molecule has 0 aliphatic heterocycles. The van der Waals surface area contributed by atoms with Crippen molar-refractivity contribution in [1.82, 2.24) is 4.98 Å². The number of rotatable bonds is 6. The predicted octanol–water partition coefficient (Wildman–Crippen LogP) is 3.15. The molecule has 0 atom stereocenters. The van der Waals surface area contributed by atoms with Crippen LogP contribution >= 0.6 is 0 Å². The van der Waals surface area contributed by atoms with Crippen molar-refractivity contribution in [3.05, 3.63) is 48.2 Å². The molecule has 0 aliphatic carbocycles. The van der Waals surface area contributed by atoms with E-state index in [-0.39, 0.29) is 5.91 Å². The van der Waals surface area contributed by atoms with Crippen LogP contribution in [0.5, 0.6) is 0 Å². The number of pyridine rings is 1. The van der Waals surface area contributed by atoms with Crippen molar-refractivity contribution in [3.63, 3.8) is 0 Å². The maximum atomic E-state index is 12.2. The lowest BCUT2D eigenvalue weighted by Gasteiger charge is -2.22. The molecular weight excluding hydrogens is 276 g/mol. The van der Waals surface area contributed by atoms with Crippen LogP contribution in [0.1, 0.15) is 30.6 Å². The smallest absolute Gasteiger partial charge is 0.255 e. The molecule has 2 aromatic rings. The molecule has 2 rings (SSSR count). The van der Waals surface area contributed by atoms with Crippen LogP contribution < -0.4 is 16.0 Å². The number of hydrogen-bond donors (Lipinski definition) is 2. The van der Waals surface area contributed by atoms with Gasteiger partial charge in [-0.05, 0) is 49.7 Å². The van der Waals surface area contributed by atoms with Crippen molar-refractivity contribution in [3.8, 4) is 0 Å². The molecule has 0 saturated carbocycles. The zero-order valence-corrected chi connectivity index (χ0v) is 13.0. The summed E-state index contributed by atoms with van der Waals surface area (Å²) in [4.78, 5) is 18.4. The minimum absolute atomic E-state index is 0.156. The van der Waals surface area contributed by atoms with Gasteiger partial charge in [0.2, 0.25) is 0 Å². The van der Waals surface area contributed by atoms with Crippen LogP contribution in [0.4, 0.5) is 17.2 Å². The molecule has 1 heterocycles. The number of nitrogen functional groups attached to an aromatic ring is 1. The van der Waals surface area contributed by atoms with Crippen molar-refractivity contribution in [2.24, 2.45) is 0 Å². The van der Waals surface area contributed by atoms with E-state index in [1.54, 1.807) is 18.3 Å². The molecule has 1 aromatic heterocycles. The number of carbonyl (C=O) groups is 1. The van der Waals surface area contributed by atoms with Gasteiger partial charge in [-0.25, -0.2) is 4.98 Å². The molecular formula is C17H22N4O. The van der Waals surface area contributed by atoms with Gasteiger partial charge in [-0.2, -0.15) is 0 Å². The third kappa shape index (κ3) is 3.97. The van der Waals surface area contributed by atoms with Gasteiger partial charge in [0.1, 0.15) is 5.82 Å².